The highest BCUT2D eigenvalue weighted by atomic mass is 16.3. The van der Waals surface area contributed by atoms with Crippen molar-refractivity contribution < 1.29 is 9.90 Å². The summed E-state index contributed by atoms with van der Waals surface area (Å²) in [7, 11) is 0. The molecule has 26 heavy (non-hydrogen) atoms. The van der Waals surface area contributed by atoms with Gasteiger partial charge in [0.2, 0.25) is 0 Å². The molecule has 138 valence electrons. The van der Waals surface area contributed by atoms with E-state index in [2.05, 4.69) is 21.8 Å². The Morgan fingerprint density at radius 3 is 2.69 bits per heavy atom. The molecule has 1 fully saturated rings. The summed E-state index contributed by atoms with van der Waals surface area (Å²) in [5.41, 5.74) is 2.15. The van der Waals surface area contributed by atoms with Gasteiger partial charge < -0.3 is 10.0 Å². The number of phenols is 1. The van der Waals surface area contributed by atoms with Crippen molar-refractivity contribution in [1.29, 1.82) is 0 Å². The molecule has 1 aliphatic rings. The molecule has 0 bridgehead atoms. The smallest absolute Gasteiger partial charge is 0.274 e. The highest BCUT2D eigenvalue weighted by molar-refractivity contribution is 5.92. The molecule has 3 rings (SSSR count). The van der Waals surface area contributed by atoms with Gasteiger partial charge in [-0.05, 0) is 50.6 Å². The van der Waals surface area contributed by atoms with Gasteiger partial charge >= 0.3 is 0 Å². The van der Waals surface area contributed by atoms with Crippen molar-refractivity contribution in [2.45, 2.75) is 39.3 Å². The standard InChI is InChI=1S/C20H26N4O2/c1-3-23-10-4-5-17(23)14-24(13-16-6-8-18(25)9-7-16)20(26)19-12-21-15(2)11-22-19/h6-9,11-12,17,25H,3-5,10,13-14H2,1-2H3. The van der Waals surface area contributed by atoms with Crippen LogP contribution in [0.4, 0.5) is 0 Å². The van der Waals surface area contributed by atoms with Crippen LogP contribution in [0, 0.1) is 6.92 Å². The topological polar surface area (TPSA) is 69.6 Å². The zero-order valence-electron chi connectivity index (χ0n) is 15.4. The van der Waals surface area contributed by atoms with Crippen LogP contribution in [0.5, 0.6) is 5.75 Å². The monoisotopic (exact) mass is 354 g/mol. The highest BCUT2D eigenvalue weighted by Gasteiger charge is 2.28. The average Bonchev–Trinajstić information content (AvgIpc) is 3.10. The summed E-state index contributed by atoms with van der Waals surface area (Å²) >= 11 is 0. The fraction of sp³-hybridized carbons (Fsp3) is 0.450. The van der Waals surface area contributed by atoms with Gasteiger partial charge in [0.05, 0.1) is 11.9 Å². The maximum atomic E-state index is 13.1. The number of hydrogen-bond acceptors (Lipinski definition) is 5. The first-order chi connectivity index (χ1) is 12.6. The summed E-state index contributed by atoms with van der Waals surface area (Å²) in [6.45, 7) is 7.26. The zero-order chi connectivity index (χ0) is 18.5. The minimum atomic E-state index is -0.103. The van der Waals surface area contributed by atoms with Gasteiger partial charge in [0.15, 0.2) is 0 Å². The second-order valence-corrected chi connectivity index (χ2v) is 6.82. The summed E-state index contributed by atoms with van der Waals surface area (Å²) in [6, 6.07) is 7.38. The number of aromatic nitrogens is 2. The molecule has 1 amide bonds. The number of carbonyl (C=O) groups is 1. The molecule has 2 aromatic rings. The molecule has 0 radical (unpaired) electrons. The molecular formula is C20H26N4O2. The quantitative estimate of drug-likeness (QED) is 0.863. The van der Waals surface area contributed by atoms with Gasteiger partial charge in [-0.2, -0.15) is 0 Å². The maximum Gasteiger partial charge on any atom is 0.274 e. The molecule has 1 aromatic heterocycles. The summed E-state index contributed by atoms with van der Waals surface area (Å²) in [5.74, 6) is 0.123. The number of likely N-dealkylation sites (N-methyl/N-ethyl adjacent to an activating group) is 1. The number of amides is 1. The Hall–Kier alpha value is -2.47. The van der Waals surface area contributed by atoms with E-state index in [1.807, 2.05) is 24.0 Å². The van der Waals surface area contributed by atoms with Gasteiger partial charge in [0.1, 0.15) is 11.4 Å². The second kappa shape index (κ2) is 8.27. The van der Waals surface area contributed by atoms with E-state index in [0.29, 0.717) is 24.8 Å². The molecule has 6 nitrogen and oxygen atoms in total. The minimum absolute atomic E-state index is 0.103. The summed E-state index contributed by atoms with van der Waals surface area (Å²) < 4.78 is 0. The van der Waals surface area contributed by atoms with E-state index in [0.717, 1.165) is 30.8 Å². The lowest BCUT2D eigenvalue weighted by Gasteiger charge is -2.30. The Morgan fingerprint density at radius 1 is 1.27 bits per heavy atom. The molecule has 1 saturated heterocycles. The van der Waals surface area contributed by atoms with Crippen LogP contribution < -0.4 is 0 Å². The molecule has 2 heterocycles. The Labute approximate surface area is 154 Å². The number of carbonyl (C=O) groups excluding carboxylic acids is 1. The first kappa shape index (κ1) is 18.3. The van der Waals surface area contributed by atoms with Crippen molar-refractivity contribution in [2.24, 2.45) is 0 Å². The number of hydrogen-bond donors (Lipinski definition) is 1. The Morgan fingerprint density at radius 2 is 2.04 bits per heavy atom. The predicted octanol–water partition coefficient (Wildman–Crippen LogP) is 2.62. The second-order valence-electron chi connectivity index (χ2n) is 6.82. The number of aryl methyl sites for hydroxylation is 1. The number of rotatable bonds is 6. The lowest BCUT2D eigenvalue weighted by atomic mass is 10.1. The number of aromatic hydroxyl groups is 1. The van der Waals surface area contributed by atoms with Crippen molar-refractivity contribution in [3.63, 3.8) is 0 Å². The number of nitrogens with zero attached hydrogens (tertiary/aromatic N) is 4. The van der Waals surface area contributed by atoms with Gasteiger partial charge in [-0.15, -0.1) is 0 Å². The van der Waals surface area contributed by atoms with Gasteiger partial charge in [-0.25, -0.2) is 4.98 Å². The van der Waals surface area contributed by atoms with Crippen molar-refractivity contribution in [2.75, 3.05) is 19.6 Å². The van der Waals surface area contributed by atoms with E-state index in [1.165, 1.54) is 6.42 Å². The fourth-order valence-electron chi connectivity index (χ4n) is 3.48. The number of benzene rings is 1. The third kappa shape index (κ3) is 4.38. The third-order valence-corrected chi connectivity index (χ3v) is 4.93. The van der Waals surface area contributed by atoms with Crippen LogP contribution in [0.3, 0.4) is 0 Å². The number of likely N-dealkylation sites (tertiary alicyclic amines) is 1. The molecule has 1 aromatic carbocycles. The summed E-state index contributed by atoms with van der Waals surface area (Å²) in [5, 5.41) is 9.49. The fourth-order valence-corrected chi connectivity index (χ4v) is 3.48. The first-order valence-corrected chi connectivity index (χ1v) is 9.16. The van der Waals surface area contributed by atoms with Crippen LogP contribution in [0.2, 0.25) is 0 Å². The molecule has 1 unspecified atom stereocenters. The molecule has 0 spiro atoms. The third-order valence-electron chi connectivity index (χ3n) is 4.93. The molecule has 1 N–H and O–H groups in total. The van der Waals surface area contributed by atoms with Crippen LogP contribution in [-0.4, -0.2) is 56.5 Å². The van der Waals surface area contributed by atoms with Gasteiger partial charge in [0, 0.05) is 25.3 Å². The Kier molecular flexibility index (Phi) is 5.83. The Bertz CT molecular complexity index is 730. The molecule has 0 saturated carbocycles. The molecule has 1 atom stereocenters. The molecule has 6 heteroatoms. The van der Waals surface area contributed by atoms with Gasteiger partial charge in [-0.1, -0.05) is 19.1 Å². The lowest BCUT2D eigenvalue weighted by Crippen LogP contribution is -2.43. The van der Waals surface area contributed by atoms with Gasteiger partial charge in [-0.3, -0.25) is 14.7 Å². The van der Waals surface area contributed by atoms with Crippen LogP contribution in [0.25, 0.3) is 0 Å². The Balaban J connectivity index is 1.81. The van der Waals surface area contributed by atoms with E-state index in [1.54, 1.807) is 24.5 Å². The van der Waals surface area contributed by atoms with Crippen LogP contribution in [0.15, 0.2) is 36.7 Å². The van der Waals surface area contributed by atoms with E-state index in [9.17, 15) is 9.90 Å². The van der Waals surface area contributed by atoms with E-state index in [-0.39, 0.29) is 11.7 Å². The van der Waals surface area contributed by atoms with E-state index < -0.39 is 0 Å². The molecule has 0 aliphatic carbocycles. The van der Waals surface area contributed by atoms with Crippen molar-refractivity contribution in [1.82, 2.24) is 19.8 Å². The SMILES string of the molecule is CCN1CCCC1CN(Cc1ccc(O)cc1)C(=O)c1cnc(C)cn1. The van der Waals surface area contributed by atoms with Crippen molar-refractivity contribution >= 4 is 5.91 Å². The zero-order valence-corrected chi connectivity index (χ0v) is 15.4. The van der Waals surface area contributed by atoms with Crippen LogP contribution in [0.1, 0.15) is 41.5 Å². The van der Waals surface area contributed by atoms with E-state index in [4.69, 9.17) is 0 Å². The molecular weight excluding hydrogens is 328 g/mol. The van der Waals surface area contributed by atoms with Crippen molar-refractivity contribution in [3.05, 3.63) is 53.6 Å². The highest BCUT2D eigenvalue weighted by Crippen LogP contribution is 2.20. The van der Waals surface area contributed by atoms with E-state index >= 15 is 0 Å². The summed E-state index contributed by atoms with van der Waals surface area (Å²) in [6.07, 6.45) is 5.45. The average molecular weight is 354 g/mol. The maximum absolute atomic E-state index is 13.1. The van der Waals surface area contributed by atoms with Crippen molar-refractivity contribution in [3.8, 4) is 5.75 Å². The van der Waals surface area contributed by atoms with Crippen LogP contribution >= 0.6 is 0 Å². The largest absolute Gasteiger partial charge is 0.508 e. The lowest BCUT2D eigenvalue weighted by molar-refractivity contribution is 0.0685. The minimum Gasteiger partial charge on any atom is -0.508 e. The van der Waals surface area contributed by atoms with Crippen LogP contribution in [-0.2, 0) is 6.54 Å². The van der Waals surface area contributed by atoms with Gasteiger partial charge in [0.25, 0.3) is 5.91 Å². The molecule has 1 aliphatic heterocycles. The summed E-state index contributed by atoms with van der Waals surface area (Å²) in [4.78, 5) is 25.8. The predicted molar refractivity (Wildman–Crippen MR) is 99.9 cm³/mol. The number of phenolic OH excluding ortho intramolecular Hbond substituents is 1. The first-order valence-electron chi connectivity index (χ1n) is 9.16. The normalized spacial score (nSPS) is 17.4.